The Balaban J connectivity index is 1.33. The number of thiazole rings is 1. The van der Waals surface area contributed by atoms with Gasteiger partial charge in [0.2, 0.25) is 11.8 Å². The summed E-state index contributed by atoms with van der Waals surface area (Å²) in [6, 6.07) is 7.66. The van der Waals surface area contributed by atoms with Gasteiger partial charge in [0.15, 0.2) is 11.4 Å². The lowest BCUT2D eigenvalue weighted by atomic mass is 10.1. The predicted molar refractivity (Wildman–Crippen MR) is 127 cm³/mol. The third kappa shape index (κ3) is 4.59. The Hall–Kier alpha value is -2.95. The number of aromatic nitrogens is 2. The van der Waals surface area contributed by atoms with E-state index in [0.717, 1.165) is 47.6 Å². The van der Waals surface area contributed by atoms with Crippen molar-refractivity contribution in [3.63, 3.8) is 0 Å². The number of likely N-dealkylation sites (tertiary alicyclic amines) is 1. The van der Waals surface area contributed by atoms with Crippen molar-refractivity contribution >= 4 is 38.3 Å². The average molecular weight is 470 g/mol. The Morgan fingerprint density at radius 3 is 2.73 bits per heavy atom. The van der Waals surface area contributed by atoms with Crippen molar-refractivity contribution in [1.29, 1.82) is 0 Å². The maximum Gasteiger partial charge on any atom is 0.241 e. The van der Waals surface area contributed by atoms with Gasteiger partial charge in [-0.2, -0.15) is 0 Å². The van der Waals surface area contributed by atoms with Crippen molar-refractivity contribution < 1.29 is 19.4 Å². The van der Waals surface area contributed by atoms with Gasteiger partial charge in [0.1, 0.15) is 5.52 Å². The first-order chi connectivity index (χ1) is 16.1. The standard InChI is InChI=1S/C23H27N5O4S/c1-31-22-19-20(17(13-24-22)27-9-11-32-12-10-27)33-23(25-19)26-21(30)16-6-4-15(5-7-16)14-28-8-2-3-18(28)29/h4-7,13,21,30H,2-3,8-12,14H2,1H3,(H,25,26). The number of ether oxygens (including phenoxy) is 2. The predicted octanol–water partition coefficient (Wildman–Crippen LogP) is 2.76. The van der Waals surface area contributed by atoms with E-state index in [4.69, 9.17) is 9.47 Å². The smallest absolute Gasteiger partial charge is 0.241 e. The van der Waals surface area contributed by atoms with Crippen molar-refractivity contribution in [1.82, 2.24) is 14.9 Å². The number of hydrogen-bond donors (Lipinski definition) is 2. The Labute approximate surface area is 196 Å². The molecule has 2 saturated heterocycles. The molecule has 0 spiro atoms. The average Bonchev–Trinajstić information content (AvgIpc) is 3.45. The molecule has 2 aliphatic rings. The highest BCUT2D eigenvalue weighted by Crippen LogP contribution is 2.39. The minimum atomic E-state index is -0.918. The number of rotatable bonds is 7. The minimum Gasteiger partial charge on any atom is -0.479 e. The SMILES string of the molecule is COc1ncc(N2CCOCC2)c2sc(NC(O)c3ccc(CN4CCCC4=O)cc3)nc12. The lowest BCUT2D eigenvalue weighted by Gasteiger charge is -2.28. The van der Waals surface area contributed by atoms with Crippen molar-refractivity contribution in [2.24, 2.45) is 0 Å². The van der Waals surface area contributed by atoms with Gasteiger partial charge in [0.25, 0.3) is 0 Å². The van der Waals surface area contributed by atoms with Crippen LogP contribution in [0.4, 0.5) is 10.8 Å². The molecule has 0 radical (unpaired) electrons. The van der Waals surface area contributed by atoms with Crippen LogP contribution in [-0.4, -0.2) is 65.8 Å². The number of carbonyl (C=O) groups excluding carboxylic acids is 1. The Kier molecular flexibility index (Phi) is 6.30. The summed E-state index contributed by atoms with van der Waals surface area (Å²) in [7, 11) is 1.58. The van der Waals surface area contributed by atoms with Crippen molar-refractivity contribution in [3.8, 4) is 5.88 Å². The summed E-state index contributed by atoms with van der Waals surface area (Å²) in [5.41, 5.74) is 3.44. The van der Waals surface area contributed by atoms with E-state index >= 15 is 0 Å². The molecule has 1 amide bonds. The van der Waals surface area contributed by atoms with Gasteiger partial charge in [-0.05, 0) is 12.0 Å². The third-order valence-electron chi connectivity index (χ3n) is 6.01. The zero-order valence-electron chi connectivity index (χ0n) is 18.5. The van der Waals surface area contributed by atoms with Crippen LogP contribution < -0.4 is 15.0 Å². The normalized spacial score (nSPS) is 17.6. The summed E-state index contributed by atoms with van der Waals surface area (Å²) in [5, 5.41) is 14.5. The molecule has 0 saturated carbocycles. The van der Waals surface area contributed by atoms with Gasteiger partial charge < -0.3 is 29.7 Å². The van der Waals surface area contributed by atoms with Crippen LogP contribution in [0.1, 0.15) is 30.2 Å². The largest absolute Gasteiger partial charge is 0.479 e. The highest BCUT2D eigenvalue weighted by Gasteiger charge is 2.22. The number of benzene rings is 1. The van der Waals surface area contributed by atoms with Crippen molar-refractivity contribution in [2.45, 2.75) is 25.6 Å². The molecule has 9 nitrogen and oxygen atoms in total. The Morgan fingerprint density at radius 1 is 1.24 bits per heavy atom. The molecule has 1 aromatic carbocycles. The third-order valence-corrected chi connectivity index (χ3v) is 7.02. The zero-order chi connectivity index (χ0) is 22.8. The Bertz CT molecular complexity index is 1130. The van der Waals surface area contributed by atoms with E-state index in [1.807, 2.05) is 35.4 Å². The monoisotopic (exact) mass is 469 g/mol. The van der Waals surface area contributed by atoms with Gasteiger partial charge in [-0.1, -0.05) is 35.6 Å². The van der Waals surface area contributed by atoms with Crippen LogP contribution in [0.15, 0.2) is 30.5 Å². The van der Waals surface area contributed by atoms with Gasteiger partial charge >= 0.3 is 0 Å². The molecule has 1 unspecified atom stereocenters. The van der Waals surface area contributed by atoms with Crippen LogP contribution >= 0.6 is 11.3 Å². The second-order valence-electron chi connectivity index (χ2n) is 8.16. The van der Waals surface area contributed by atoms with Crippen molar-refractivity contribution in [2.75, 3.05) is 50.2 Å². The van der Waals surface area contributed by atoms with E-state index < -0.39 is 6.23 Å². The van der Waals surface area contributed by atoms with E-state index in [-0.39, 0.29) is 5.91 Å². The number of hydrogen-bond acceptors (Lipinski definition) is 9. The summed E-state index contributed by atoms with van der Waals surface area (Å²) in [6.45, 7) is 4.37. The highest BCUT2D eigenvalue weighted by molar-refractivity contribution is 7.22. The molecule has 10 heteroatoms. The number of pyridine rings is 1. The molecule has 2 N–H and O–H groups in total. The van der Waals surface area contributed by atoms with E-state index in [1.165, 1.54) is 11.3 Å². The summed E-state index contributed by atoms with van der Waals surface area (Å²) in [6.07, 6.45) is 2.46. The zero-order valence-corrected chi connectivity index (χ0v) is 19.3. The van der Waals surface area contributed by atoms with Crippen LogP contribution in [0, 0.1) is 0 Å². The highest BCUT2D eigenvalue weighted by atomic mass is 32.1. The molecule has 4 heterocycles. The Morgan fingerprint density at radius 2 is 2.03 bits per heavy atom. The summed E-state index contributed by atoms with van der Waals surface area (Å²) < 4.78 is 11.9. The number of nitrogens with zero attached hydrogens (tertiary/aromatic N) is 4. The molecule has 0 bridgehead atoms. The van der Waals surface area contributed by atoms with Crippen LogP contribution in [0.2, 0.25) is 0 Å². The van der Waals surface area contributed by atoms with Crippen LogP contribution in [0.5, 0.6) is 5.88 Å². The molecule has 33 heavy (non-hydrogen) atoms. The summed E-state index contributed by atoms with van der Waals surface area (Å²) >= 11 is 1.47. The lowest BCUT2D eigenvalue weighted by molar-refractivity contribution is -0.128. The molecule has 2 fully saturated rings. The lowest BCUT2D eigenvalue weighted by Crippen LogP contribution is -2.36. The fourth-order valence-corrected chi connectivity index (χ4v) is 5.23. The number of aliphatic hydroxyl groups is 1. The quantitative estimate of drug-likeness (QED) is 0.510. The number of carbonyl (C=O) groups is 1. The summed E-state index contributed by atoms with van der Waals surface area (Å²) in [5.74, 6) is 0.666. The number of amides is 1. The first-order valence-corrected chi connectivity index (χ1v) is 11.9. The number of anilines is 2. The molecular weight excluding hydrogens is 442 g/mol. The fraction of sp³-hybridized carbons (Fsp3) is 0.435. The number of nitrogens with one attached hydrogen (secondary N) is 1. The fourth-order valence-electron chi connectivity index (χ4n) is 4.22. The minimum absolute atomic E-state index is 0.206. The van der Waals surface area contributed by atoms with Crippen LogP contribution in [-0.2, 0) is 16.1 Å². The van der Waals surface area contributed by atoms with E-state index in [2.05, 4.69) is 20.2 Å². The van der Waals surface area contributed by atoms with Gasteiger partial charge in [0, 0.05) is 38.2 Å². The van der Waals surface area contributed by atoms with E-state index in [9.17, 15) is 9.90 Å². The molecule has 1 atom stereocenters. The van der Waals surface area contributed by atoms with E-state index in [0.29, 0.717) is 42.7 Å². The molecule has 0 aliphatic carbocycles. The first kappa shape index (κ1) is 21.9. The van der Waals surface area contributed by atoms with Crippen molar-refractivity contribution in [3.05, 3.63) is 41.6 Å². The molecule has 3 aromatic rings. The first-order valence-electron chi connectivity index (χ1n) is 11.1. The maximum absolute atomic E-state index is 11.8. The number of fused-ring (bicyclic) bond motifs is 1. The second kappa shape index (κ2) is 9.50. The van der Waals surface area contributed by atoms with Crippen LogP contribution in [0.3, 0.4) is 0 Å². The van der Waals surface area contributed by atoms with E-state index in [1.54, 1.807) is 7.11 Å². The van der Waals surface area contributed by atoms with Gasteiger partial charge in [-0.3, -0.25) is 4.79 Å². The van der Waals surface area contributed by atoms with Gasteiger partial charge in [-0.25, -0.2) is 9.97 Å². The molecule has 174 valence electrons. The molecular formula is C23H27N5O4S. The molecule has 2 aromatic heterocycles. The number of methoxy groups -OCH3 is 1. The van der Waals surface area contributed by atoms with Crippen LogP contribution in [0.25, 0.3) is 10.2 Å². The second-order valence-corrected chi connectivity index (χ2v) is 9.16. The van der Waals surface area contributed by atoms with Gasteiger partial charge in [-0.15, -0.1) is 0 Å². The number of morpholine rings is 1. The summed E-state index contributed by atoms with van der Waals surface area (Å²) in [4.78, 5) is 25.0. The van der Waals surface area contributed by atoms with Gasteiger partial charge in [0.05, 0.1) is 36.9 Å². The number of aliphatic hydroxyl groups excluding tert-OH is 1. The topological polar surface area (TPSA) is 100 Å². The maximum atomic E-state index is 11.8. The molecule has 2 aliphatic heterocycles. The molecule has 5 rings (SSSR count).